The van der Waals surface area contributed by atoms with E-state index in [0.717, 1.165) is 25.1 Å². The second kappa shape index (κ2) is 7.48. The second-order valence-corrected chi connectivity index (χ2v) is 6.10. The van der Waals surface area contributed by atoms with Crippen LogP contribution in [0, 0.1) is 0 Å². The quantitative estimate of drug-likeness (QED) is 0.708. The largest absolute Gasteiger partial charge is 0.467 e. The molecule has 0 amide bonds. The molecule has 0 radical (unpaired) electrons. The zero-order valence-electron chi connectivity index (χ0n) is 14.1. The maximum absolute atomic E-state index is 9.02. The van der Waals surface area contributed by atoms with Crippen molar-refractivity contribution in [2.45, 2.75) is 38.8 Å². The molecule has 130 valence electrons. The van der Waals surface area contributed by atoms with Crippen LogP contribution in [0.2, 0.25) is 0 Å². The smallest absolute Gasteiger partial charge is 0.232 e. The van der Waals surface area contributed by atoms with Gasteiger partial charge in [0.2, 0.25) is 17.8 Å². The summed E-state index contributed by atoms with van der Waals surface area (Å²) in [5.41, 5.74) is 0. The molecule has 1 fully saturated rings. The van der Waals surface area contributed by atoms with Gasteiger partial charge in [-0.1, -0.05) is 0 Å². The summed E-state index contributed by atoms with van der Waals surface area (Å²) >= 11 is 0. The minimum Gasteiger partial charge on any atom is -0.467 e. The van der Waals surface area contributed by atoms with Crippen molar-refractivity contribution >= 4 is 17.8 Å². The number of hydrogen-bond acceptors (Lipinski definition) is 8. The van der Waals surface area contributed by atoms with Gasteiger partial charge in [0.05, 0.1) is 18.9 Å². The Morgan fingerprint density at radius 1 is 1.33 bits per heavy atom. The van der Waals surface area contributed by atoms with Crippen LogP contribution in [0.3, 0.4) is 0 Å². The zero-order valence-corrected chi connectivity index (χ0v) is 14.1. The molecule has 8 nitrogen and oxygen atoms in total. The summed E-state index contributed by atoms with van der Waals surface area (Å²) in [4.78, 5) is 15.6. The van der Waals surface area contributed by atoms with E-state index in [2.05, 4.69) is 30.5 Å². The van der Waals surface area contributed by atoms with Crippen molar-refractivity contribution in [1.82, 2.24) is 15.0 Å². The van der Waals surface area contributed by atoms with Gasteiger partial charge >= 0.3 is 0 Å². The molecule has 2 aromatic rings. The summed E-state index contributed by atoms with van der Waals surface area (Å²) in [6, 6.07) is 4.24. The van der Waals surface area contributed by atoms with Gasteiger partial charge in [-0.3, -0.25) is 0 Å². The molecule has 0 saturated carbocycles. The molecule has 8 heteroatoms. The van der Waals surface area contributed by atoms with E-state index in [1.165, 1.54) is 0 Å². The molecule has 1 saturated heterocycles. The first kappa shape index (κ1) is 16.5. The van der Waals surface area contributed by atoms with Crippen molar-refractivity contribution < 1.29 is 9.52 Å². The number of furan rings is 1. The second-order valence-electron chi connectivity index (χ2n) is 6.10. The Morgan fingerprint density at radius 2 is 2.17 bits per heavy atom. The van der Waals surface area contributed by atoms with Gasteiger partial charge in [-0.05, 0) is 38.8 Å². The highest BCUT2D eigenvalue weighted by Crippen LogP contribution is 2.35. The summed E-state index contributed by atoms with van der Waals surface area (Å²) < 4.78 is 5.58. The highest BCUT2D eigenvalue weighted by molar-refractivity contribution is 5.46. The van der Waals surface area contributed by atoms with Crippen LogP contribution in [-0.4, -0.2) is 45.8 Å². The normalized spacial score (nSPS) is 17.5. The lowest BCUT2D eigenvalue weighted by Crippen LogP contribution is -2.26. The summed E-state index contributed by atoms with van der Waals surface area (Å²) in [5, 5.41) is 15.3. The van der Waals surface area contributed by atoms with Gasteiger partial charge in [0.1, 0.15) is 5.76 Å². The van der Waals surface area contributed by atoms with Gasteiger partial charge in [0.15, 0.2) is 0 Å². The van der Waals surface area contributed by atoms with Crippen molar-refractivity contribution in [3.63, 3.8) is 0 Å². The third-order valence-electron chi connectivity index (χ3n) is 3.82. The molecule has 3 rings (SSSR count). The zero-order chi connectivity index (χ0) is 16.9. The molecule has 3 N–H and O–H groups in total. The predicted molar refractivity (Wildman–Crippen MR) is 92.2 cm³/mol. The Balaban J connectivity index is 1.89. The molecule has 0 aliphatic carbocycles. The fourth-order valence-electron chi connectivity index (χ4n) is 2.85. The standard InChI is InChI=1S/C16H24N6O2/c1-11(2)18-15-19-14(17-7-9-23)20-16(21-15)22-8-3-5-12(22)13-6-4-10-24-13/h4,6,10-12,23H,3,5,7-9H2,1-2H3,(H2,17,18,19,20,21). The molecule has 0 bridgehead atoms. The molecule has 2 aromatic heterocycles. The van der Waals surface area contributed by atoms with E-state index in [0.29, 0.717) is 24.4 Å². The predicted octanol–water partition coefficient (Wildman–Crippen LogP) is 2.03. The van der Waals surface area contributed by atoms with Crippen LogP contribution in [0.4, 0.5) is 17.8 Å². The van der Waals surface area contributed by atoms with E-state index >= 15 is 0 Å². The molecule has 1 aliphatic rings. The molecule has 1 atom stereocenters. The van der Waals surface area contributed by atoms with Crippen LogP contribution in [0.1, 0.15) is 38.5 Å². The lowest BCUT2D eigenvalue weighted by atomic mass is 10.2. The maximum Gasteiger partial charge on any atom is 0.232 e. The van der Waals surface area contributed by atoms with Crippen LogP contribution >= 0.6 is 0 Å². The number of anilines is 3. The average Bonchev–Trinajstić information content (AvgIpc) is 3.22. The maximum atomic E-state index is 9.02. The van der Waals surface area contributed by atoms with E-state index in [-0.39, 0.29) is 18.7 Å². The van der Waals surface area contributed by atoms with Crippen LogP contribution < -0.4 is 15.5 Å². The Bertz CT molecular complexity index is 646. The number of nitrogens with one attached hydrogen (secondary N) is 2. The van der Waals surface area contributed by atoms with Crippen LogP contribution in [-0.2, 0) is 0 Å². The van der Waals surface area contributed by atoms with Gasteiger partial charge in [-0.25, -0.2) is 0 Å². The number of hydrogen-bond donors (Lipinski definition) is 3. The van der Waals surface area contributed by atoms with E-state index in [1.54, 1.807) is 6.26 Å². The third-order valence-corrected chi connectivity index (χ3v) is 3.82. The van der Waals surface area contributed by atoms with Crippen LogP contribution in [0.15, 0.2) is 22.8 Å². The number of aliphatic hydroxyl groups is 1. The van der Waals surface area contributed by atoms with Gasteiger partial charge in [0.25, 0.3) is 0 Å². The first-order valence-electron chi connectivity index (χ1n) is 8.34. The molecule has 1 aliphatic heterocycles. The molecule has 1 unspecified atom stereocenters. The SMILES string of the molecule is CC(C)Nc1nc(NCCO)nc(N2CCCC2c2ccco2)n1. The van der Waals surface area contributed by atoms with Crippen LogP contribution in [0.25, 0.3) is 0 Å². The van der Waals surface area contributed by atoms with E-state index in [4.69, 9.17) is 9.52 Å². The van der Waals surface area contributed by atoms with E-state index in [1.807, 2.05) is 26.0 Å². The van der Waals surface area contributed by atoms with Gasteiger partial charge in [-0.15, -0.1) is 0 Å². The highest BCUT2D eigenvalue weighted by Gasteiger charge is 2.30. The summed E-state index contributed by atoms with van der Waals surface area (Å²) in [5.74, 6) is 2.53. The van der Waals surface area contributed by atoms with Crippen molar-refractivity contribution in [3.8, 4) is 0 Å². The Kier molecular flexibility index (Phi) is 5.14. The Morgan fingerprint density at radius 3 is 2.88 bits per heavy atom. The third kappa shape index (κ3) is 3.76. The number of rotatable bonds is 7. The molecular formula is C16H24N6O2. The van der Waals surface area contributed by atoms with E-state index < -0.39 is 0 Å². The number of aliphatic hydroxyl groups excluding tert-OH is 1. The first-order valence-corrected chi connectivity index (χ1v) is 8.34. The van der Waals surface area contributed by atoms with Crippen molar-refractivity contribution in [2.75, 3.05) is 35.2 Å². The van der Waals surface area contributed by atoms with E-state index in [9.17, 15) is 0 Å². The first-order chi connectivity index (χ1) is 11.7. The molecule has 24 heavy (non-hydrogen) atoms. The topological polar surface area (TPSA) is 99.3 Å². The van der Waals surface area contributed by atoms with Crippen LogP contribution in [0.5, 0.6) is 0 Å². The van der Waals surface area contributed by atoms with Crippen molar-refractivity contribution in [2.24, 2.45) is 0 Å². The Hall–Kier alpha value is -2.35. The number of nitrogens with zero attached hydrogens (tertiary/aromatic N) is 4. The molecular weight excluding hydrogens is 308 g/mol. The average molecular weight is 332 g/mol. The summed E-state index contributed by atoms with van der Waals surface area (Å²) in [6.07, 6.45) is 3.76. The molecule has 0 spiro atoms. The van der Waals surface area contributed by atoms with Crippen molar-refractivity contribution in [1.29, 1.82) is 0 Å². The summed E-state index contributed by atoms with van der Waals surface area (Å²) in [6.45, 7) is 5.35. The minimum absolute atomic E-state index is 0.0205. The fraction of sp³-hybridized carbons (Fsp3) is 0.562. The fourth-order valence-corrected chi connectivity index (χ4v) is 2.85. The van der Waals surface area contributed by atoms with Gasteiger partial charge in [0, 0.05) is 19.1 Å². The minimum atomic E-state index is 0.0205. The number of aromatic nitrogens is 3. The monoisotopic (exact) mass is 332 g/mol. The highest BCUT2D eigenvalue weighted by atomic mass is 16.3. The molecule has 3 heterocycles. The summed E-state index contributed by atoms with van der Waals surface area (Å²) in [7, 11) is 0. The lowest BCUT2D eigenvalue weighted by molar-refractivity contribution is 0.311. The van der Waals surface area contributed by atoms with Gasteiger partial charge in [-0.2, -0.15) is 15.0 Å². The van der Waals surface area contributed by atoms with Crippen molar-refractivity contribution in [3.05, 3.63) is 24.2 Å². The Labute approximate surface area is 141 Å². The lowest BCUT2D eigenvalue weighted by Gasteiger charge is -2.24. The molecule has 0 aromatic carbocycles. The van der Waals surface area contributed by atoms with Gasteiger partial charge < -0.3 is 25.1 Å².